The molecule has 4 aromatic rings. The number of fused-ring (bicyclic) bond motifs is 5. The number of benzene rings is 3. The molecule has 2 aliphatic heterocycles. The van der Waals surface area contributed by atoms with Gasteiger partial charge in [-0.15, -0.1) is 0 Å². The summed E-state index contributed by atoms with van der Waals surface area (Å²) in [5.74, 6) is 1.39. The summed E-state index contributed by atoms with van der Waals surface area (Å²) in [7, 11) is 3.19. The number of phenols is 1. The predicted molar refractivity (Wildman–Crippen MR) is 132 cm³/mol. The number of hydrogen-bond acceptors (Lipinski definition) is 6. The summed E-state index contributed by atoms with van der Waals surface area (Å²) in [6.07, 6.45) is 2.82. The van der Waals surface area contributed by atoms with E-state index in [1.54, 1.807) is 38.5 Å². The molecule has 0 radical (unpaired) electrons. The Hall–Kier alpha value is -3.73. The van der Waals surface area contributed by atoms with E-state index in [-0.39, 0.29) is 36.5 Å². The summed E-state index contributed by atoms with van der Waals surface area (Å²) in [4.78, 5) is 13.1. The largest absolute Gasteiger partial charge is 1.00 e. The van der Waals surface area contributed by atoms with E-state index in [0.29, 0.717) is 29.4 Å². The average Bonchev–Trinajstić information content (AvgIpc) is 3.34. The van der Waals surface area contributed by atoms with Crippen molar-refractivity contribution in [2.45, 2.75) is 18.9 Å². The van der Waals surface area contributed by atoms with Crippen molar-refractivity contribution < 1.29 is 57.4 Å². The van der Waals surface area contributed by atoms with Crippen molar-refractivity contribution in [3.63, 3.8) is 0 Å². The Morgan fingerprint density at radius 2 is 1.76 bits per heavy atom. The molecule has 0 bridgehead atoms. The number of amides is 1. The number of carbonyl (C=O) groups excluding carboxylic acids is 1. The van der Waals surface area contributed by atoms with Gasteiger partial charge in [-0.3, -0.25) is 4.79 Å². The minimum absolute atomic E-state index is 0. The maximum atomic E-state index is 13.1. The second kappa shape index (κ2) is 9.62. The summed E-state index contributed by atoms with van der Waals surface area (Å²) in [5.41, 5.74) is 10.5. The maximum absolute atomic E-state index is 13.1. The number of aryl methyl sites for hydroxylation is 2. The Kier molecular flexibility index (Phi) is 6.49. The van der Waals surface area contributed by atoms with E-state index >= 15 is 0 Å². The van der Waals surface area contributed by atoms with Crippen LogP contribution in [0, 0.1) is 0 Å². The summed E-state index contributed by atoms with van der Waals surface area (Å²) >= 11 is 0. The molecule has 37 heavy (non-hydrogen) atoms. The number of hydrogen-bond donors (Lipinski definition) is 2. The van der Waals surface area contributed by atoms with E-state index in [9.17, 15) is 9.90 Å². The lowest BCUT2D eigenvalue weighted by atomic mass is 9.82. The number of rotatable bonds is 5. The van der Waals surface area contributed by atoms with Crippen LogP contribution < -0.4 is 53.2 Å². The molecular weight excluding hydrogens is 587 g/mol. The summed E-state index contributed by atoms with van der Waals surface area (Å²) in [6.45, 7) is 0.865. The van der Waals surface area contributed by atoms with Crippen LogP contribution in [0.1, 0.15) is 22.6 Å². The molecule has 190 valence electrons. The van der Waals surface area contributed by atoms with Crippen LogP contribution >= 0.6 is 0 Å². The van der Waals surface area contributed by atoms with Crippen LogP contribution in [0.15, 0.2) is 54.7 Å². The van der Waals surface area contributed by atoms with Crippen molar-refractivity contribution in [3.8, 4) is 40.0 Å². The average molecular weight is 612 g/mol. The molecule has 9 heteroatoms. The topological polar surface area (TPSA) is 104 Å². The standard InChI is InChI=1S/C28H24N2O6.HI/c1-33-21-8-7-18-20(27(21)34-2)13-30-10-9-16-11-22-23(36-14-35-22)12-19(16)26(30)25(18)24(28(29)32)15-3-5-17(31)6-4-15;/h3-8,11-13,24H,9-10,14H2,1-2H3,(H2-,29,31,32);1H. The van der Waals surface area contributed by atoms with Crippen molar-refractivity contribution in [2.75, 3.05) is 21.0 Å². The number of nitrogens with zero attached hydrogens (tertiary/aromatic N) is 1. The highest BCUT2D eigenvalue weighted by atomic mass is 127. The number of primary amides is 1. The van der Waals surface area contributed by atoms with Gasteiger partial charge < -0.3 is 53.8 Å². The van der Waals surface area contributed by atoms with Crippen molar-refractivity contribution >= 4 is 16.7 Å². The highest BCUT2D eigenvalue weighted by Crippen LogP contribution is 2.46. The van der Waals surface area contributed by atoms with Gasteiger partial charge in [0.25, 0.3) is 0 Å². The molecule has 3 aromatic carbocycles. The second-order valence-corrected chi connectivity index (χ2v) is 8.89. The van der Waals surface area contributed by atoms with E-state index < -0.39 is 11.8 Å². The number of phenolic OH excluding ortho intramolecular Hbond substituents is 1. The number of pyridine rings is 1. The first kappa shape index (κ1) is 24.9. The van der Waals surface area contributed by atoms with Crippen LogP contribution in [-0.4, -0.2) is 32.0 Å². The quantitative estimate of drug-likeness (QED) is 0.250. The van der Waals surface area contributed by atoms with Gasteiger partial charge >= 0.3 is 0 Å². The van der Waals surface area contributed by atoms with Gasteiger partial charge in [-0.25, -0.2) is 0 Å². The lowest BCUT2D eigenvalue weighted by molar-refractivity contribution is -0.686. The molecule has 8 nitrogen and oxygen atoms in total. The zero-order chi connectivity index (χ0) is 25.0. The van der Waals surface area contributed by atoms with Crippen molar-refractivity contribution in [1.29, 1.82) is 0 Å². The molecule has 1 unspecified atom stereocenters. The molecule has 0 fully saturated rings. The number of ether oxygens (including phenoxy) is 4. The van der Waals surface area contributed by atoms with Gasteiger partial charge in [0.15, 0.2) is 35.7 Å². The minimum Gasteiger partial charge on any atom is -1.00 e. The lowest BCUT2D eigenvalue weighted by Gasteiger charge is -2.24. The third-order valence-corrected chi connectivity index (χ3v) is 6.98. The summed E-state index contributed by atoms with van der Waals surface area (Å²) in [5, 5.41) is 11.5. The van der Waals surface area contributed by atoms with Gasteiger partial charge in [0.05, 0.1) is 31.1 Å². The van der Waals surface area contributed by atoms with Gasteiger partial charge in [-0.2, -0.15) is 4.57 Å². The number of carbonyl (C=O) groups is 1. The summed E-state index contributed by atoms with van der Waals surface area (Å²) in [6, 6.07) is 14.3. The molecule has 3 heterocycles. The molecule has 3 N–H and O–H groups in total. The van der Waals surface area contributed by atoms with Crippen molar-refractivity contribution in [1.82, 2.24) is 0 Å². The van der Waals surface area contributed by atoms with Gasteiger partial charge in [0.1, 0.15) is 5.75 Å². The highest BCUT2D eigenvalue weighted by Gasteiger charge is 2.37. The lowest BCUT2D eigenvalue weighted by Crippen LogP contribution is -3.00. The Balaban J connectivity index is 0.00000280. The third-order valence-electron chi connectivity index (χ3n) is 6.98. The van der Waals surface area contributed by atoms with Crippen LogP contribution in [-0.2, 0) is 17.8 Å². The molecule has 1 aromatic heterocycles. The Labute approximate surface area is 230 Å². The van der Waals surface area contributed by atoms with E-state index in [0.717, 1.165) is 45.3 Å². The fourth-order valence-corrected chi connectivity index (χ4v) is 5.38. The number of aromatic hydroxyl groups is 1. The number of aromatic nitrogens is 1. The third kappa shape index (κ3) is 3.97. The van der Waals surface area contributed by atoms with Gasteiger partial charge in [-0.05, 0) is 47.5 Å². The van der Waals surface area contributed by atoms with E-state index in [1.165, 1.54) is 0 Å². The number of halogens is 1. The van der Waals surface area contributed by atoms with Crippen molar-refractivity contribution in [2.24, 2.45) is 5.73 Å². The first-order valence-corrected chi connectivity index (χ1v) is 11.6. The molecule has 0 saturated heterocycles. The number of methoxy groups -OCH3 is 2. The maximum Gasteiger partial charge on any atom is 0.231 e. The van der Waals surface area contributed by atoms with Gasteiger partial charge in [0.2, 0.25) is 18.4 Å². The fraction of sp³-hybridized carbons (Fsp3) is 0.214. The number of nitrogens with two attached hydrogens (primary N) is 1. The first-order valence-electron chi connectivity index (χ1n) is 11.6. The molecule has 2 aliphatic rings. The normalized spacial score (nSPS) is 13.8. The SMILES string of the molecule is COc1ccc2c(C(C(N)=O)c3ccc(O)cc3)c3[n+](cc2c1OC)CCc1cc2c(cc1-3)OCO2.[I-]. The van der Waals surface area contributed by atoms with Gasteiger partial charge in [-0.1, -0.05) is 12.1 Å². The van der Waals surface area contributed by atoms with E-state index in [2.05, 4.69) is 4.57 Å². The van der Waals surface area contributed by atoms with Gasteiger partial charge in [0, 0.05) is 17.4 Å². The van der Waals surface area contributed by atoms with E-state index in [1.807, 2.05) is 30.5 Å². The Morgan fingerprint density at radius 3 is 2.43 bits per heavy atom. The van der Waals surface area contributed by atoms with Crippen LogP contribution in [0.5, 0.6) is 28.7 Å². The fourth-order valence-electron chi connectivity index (χ4n) is 5.38. The monoisotopic (exact) mass is 612 g/mol. The second-order valence-electron chi connectivity index (χ2n) is 8.89. The van der Waals surface area contributed by atoms with E-state index in [4.69, 9.17) is 24.7 Å². The molecule has 1 atom stereocenters. The smallest absolute Gasteiger partial charge is 0.231 e. The molecule has 6 rings (SSSR count). The van der Waals surface area contributed by atoms with Crippen LogP contribution in [0.2, 0.25) is 0 Å². The molecule has 0 aliphatic carbocycles. The van der Waals surface area contributed by atoms with Crippen LogP contribution in [0.3, 0.4) is 0 Å². The molecule has 1 amide bonds. The minimum atomic E-state index is -0.787. The summed E-state index contributed by atoms with van der Waals surface area (Å²) < 4.78 is 24.8. The van der Waals surface area contributed by atoms with Crippen LogP contribution in [0.25, 0.3) is 22.0 Å². The Bertz CT molecular complexity index is 1540. The predicted octanol–water partition coefficient (Wildman–Crippen LogP) is 0.423. The molecular formula is C28H25IN2O6. The zero-order valence-corrected chi connectivity index (χ0v) is 22.4. The van der Waals surface area contributed by atoms with Crippen molar-refractivity contribution in [3.05, 3.63) is 71.4 Å². The Morgan fingerprint density at radius 1 is 1.03 bits per heavy atom. The van der Waals surface area contributed by atoms with Crippen LogP contribution in [0.4, 0.5) is 0 Å². The zero-order valence-electron chi connectivity index (χ0n) is 20.3. The molecule has 0 saturated carbocycles. The first-order chi connectivity index (χ1) is 17.5. The molecule has 0 spiro atoms. The highest BCUT2D eigenvalue weighted by molar-refractivity contribution is 6.00.